The highest BCUT2D eigenvalue weighted by Gasteiger charge is 2.34. The molecule has 4 aromatic carbocycles. The normalized spacial score (nSPS) is 16.7. The number of carbonyl (C=O) groups is 4. The van der Waals surface area contributed by atoms with Crippen LogP contribution in [0.4, 0.5) is 31.9 Å². The molecule has 0 saturated heterocycles. The molecule has 20 nitrogen and oxygen atoms in total. The predicted molar refractivity (Wildman–Crippen MR) is 313 cm³/mol. The maximum Gasteiger partial charge on any atom is 0.230 e. The Kier molecular flexibility index (Phi) is 18.0. The largest absolute Gasteiger partial charge is 0.496 e. The van der Waals surface area contributed by atoms with E-state index in [0.29, 0.717) is 45.2 Å². The molecule has 80 heavy (non-hydrogen) atoms. The molecule has 2 saturated carbocycles. The number of rotatable bonds is 23. The van der Waals surface area contributed by atoms with Crippen LogP contribution in [0.1, 0.15) is 104 Å². The van der Waals surface area contributed by atoms with Gasteiger partial charge < -0.3 is 40.5 Å². The van der Waals surface area contributed by atoms with E-state index in [2.05, 4.69) is 67.0 Å². The van der Waals surface area contributed by atoms with Crippen molar-refractivity contribution in [3.8, 4) is 11.5 Å². The molecule has 4 amide bonds. The van der Waals surface area contributed by atoms with E-state index < -0.39 is 0 Å². The van der Waals surface area contributed by atoms with Gasteiger partial charge in [-0.2, -0.15) is 0 Å². The second-order valence-electron chi connectivity index (χ2n) is 20.0. The molecule has 10 rings (SSSR count). The summed E-state index contributed by atoms with van der Waals surface area (Å²) in [6, 6.07) is 30.7. The average Bonchev–Trinajstić information content (AvgIpc) is 4.41. The zero-order chi connectivity index (χ0) is 55.5. The van der Waals surface area contributed by atoms with Gasteiger partial charge in [0.05, 0.1) is 39.3 Å². The van der Waals surface area contributed by atoms with Gasteiger partial charge in [-0.25, -0.2) is 0 Å². The molecule has 0 bridgehead atoms. The topological polar surface area (TPSA) is 244 Å². The molecule has 2 fully saturated rings. The number of benzene rings is 4. The van der Waals surface area contributed by atoms with E-state index in [-0.39, 0.29) is 73.0 Å². The molecule has 2 aliphatic carbocycles. The quantitative estimate of drug-likeness (QED) is 0.0466. The van der Waals surface area contributed by atoms with Crippen LogP contribution in [0.5, 0.6) is 11.5 Å². The third-order valence-electron chi connectivity index (χ3n) is 14.1. The van der Waals surface area contributed by atoms with Gasteiger partial charge in [-0.15, -0.1) is 40.8 Å². The summed E-state index contributed by atoms with van der Waals surface area (Å²) in [5.74, 6) is 1.28. The third kappa shape index (κ3) is 14.5. The number of ether oxygens (including phenoxy) is 2. The zero-order valence-electron chi connectivity index (χ0n) is 44.6. The molecule has 414 valence electrons. The first-order valence-electron chi connectivity index (χ1n) is 26.3. The predicted octanol–water partition coefficient (Wildman–Crippen LogP) is 9.51. The summed E-state index contributed by atoms with van der Waals surface area (Å²) in [6.07, 6.45) is 5.96. The third-order valence-corrected chi connectivity index (χ3v) is 18.1. The molecule has 2 aliphatic rings. The first-order chi connectivity index (χ1) is 38.9. The molecular formula is C56H60N14O6S4. The van der Waals surface area contributed by atoms with Crippen molar-refractivity contribution >= 4 is 101 Å². The summed E-state index contributed by atoms with van der Waals surface area (Å²) in [7, 11) is 7.49. The average molecular weight is 1150 g/mol. The lowest BCUT2D eigenvalue weighted by Crippen LogP contribution is -2.24. The van der Waals surface area contributed by atoms with Crippen molar-refractivity contribution in [2.24, 2.45) is 0 Å². The second kappa shape index (κ2) is 26.0. The van der Waals surface area contributed by atoms with E-state index in [9.17, 15) is 19.2 Å². The number of carbonyl (C=O) groups excluding carboxylic acids is 4. The minimum atomic E-state index is -0.225. The summed E-state index contributed by atoms with van der Waals surface area (Å²) in [6.45, 7) is 0.903. The molecule has 8 aromatic rings. The number of aromatic nitrogens is 8. The Morgan fingerprint density at radius 3 is 1.31 bits per heavy atom. The highest BCUT2D eigenvalue weighted by atomic mass is 32.1. The smallest absolute Gasteiger partial charge is 0.230 e. The lowest BCUT2D eigenvalue weighted by atomic mass is 10.1. The fraction of sp³-hybridized carbons (Fsp3) is 0.357. The van der Waals surface area contributed by atoms with Crippen LogP contribution >= 0.6 is 45.3 Å². The van der Waals surface area contributed by atoms with Crippen molar-refractivity contribution in [3.05, 3.63) is 139 Å². The highest BCUT2D eigenvalue weighted by molar-refractivity contribution is 7.16. The van der Waals surface area contributed by atoms with Crippen molar-refractivity contribution in [1.82, 2.24) is 40.8 Å². The van der Waals surface area contributed by atoms with Gasteiger partial charge in [0.1, 0.15) is 38.1 Å². The van der Waals surface area contributed by atoms with Crippen LogP contribution in [0.25, 0.3) is 0 Å². The van der Waals surface area contributed by atoms with Gasteiger partial charge in [-0.3, -0.25) is 19.2 Å². The summed E-state index contributed by atoms with van der Waals surface area (Å²) < 4.78 is 11.6. The minimum absolute atomic E-state index is 0.0921. The van der Waals surface area contributed by atoms with Gasteiger partial charge in [-0.05, 0) is 86.1 Å². The van der Waals surface area contributed by atoms with Gasteiger partial charge in [0, 0.05) is 67.3 Å². The van der Waals surface area contributed by atoms with E-state index in [0.717, 1.165) is 92.2 Å². The Labute approximate surface area is 478 Å². The van der Waals surface area contributed by atoms with Crippen molar-refractivity contribution in [3.63, 3.8) is 0 Å². The number of amides is 4. The maximum atomic E-state index is 13.3. The maximum absolute atomic E-state index is 13.3. The summed E-state index contributed by atoms with van der Waals surface area (Å²) in [4.78, 5) is 56.3. The molecule has 4 N–H and O–H groups in total. The van der Waals surface area contributed by atoms with E-state index in [4.69, 9.17) is 9.47 Å². The van der Waals surface area contributed by atoms with Crippen LogP contribution in [-0.2, 0) is 44.9 Å². The first kappa shape index (κ1) is 55.5. The molecule has 24 heteroatoms. The number of likely N-dealkylation sites (N-methyl/N-ethyl adjacent to an activating group) is 1. The Hall–Kier alpha value is -7.80. The van der Waals surface area contributed by atoms with Crippen LogP contribution in [0.15, 0.2) is 97.1 Å². The van der Waals surface area contributed by atoms with Crippen LogP contribution in [0, 0.1) is 0 Å². The van der Waals surface area contributed by atoms with Gasteiger partial charge in [-0.1, -0.05) is 106 Å². The number of methoxy groups -OCH3 is 1. The highest BCUT2D eigenvalue weighted by Crippen LogP contribution is 2.47. The van der Waals surface area contributed by atoms with E-state index in [1.807, 2.05) is 123 Å². The van der Waals surface area contributed by atoms with Gasteiger partial charge in [0.25, 0.3) is 0 Å². The first-order valence-corrected chi connectivity index (χ1v) is 29.6. The molecule has 4 atom stereocenters. The minimum Gasteiger partial charge on any atom is -0.496 e. The Balaban J connectivity index is 0.636. The van der Waals surface area contributed by atoms with Crippen LogP contribution in [0.3, 0.4) is 0 Å². The fourth-order valence-corrected chi connectivity index (χ4v) is 13.6. The fourth-order valence-electron chi connectivity index (χ4n) is 9.94. The zero-order valence-corrected chi connectivity index (χ0v) is 47.9. The molecule has 0 aliphatic heterocycles. The summed E-state index contributed by atoms with van der Waals surface area (Å²) >= 11 is 5.59. The SMILES string of the molecule is COc1ccccc1CC(=O)Nc1nnc([C@@H]2CC[C@@H](c3nnc(NC(=O)Cc4ccccc4OCCN(C)c4cccc(CC(=O)Nc5nnc(C6CCC(c7nnc(NC(=O)Cc8cccc(N(C)C)c8)s7)C6)s5)c4)s3)C2)s1. The molecule has 2 unspecified atom stereocenters. The number of hydrogen-bond donors (Lipinski definition) is 4. The van der Waals surface area contributed by atoms with Crippen molar-refractivity contribution in [2.45, 2.75) is 87.9 Å². The van der Waals surface area contributed by atoms with Crippen LogP contribution in [0.2, 0.25) is 0 Å². The van der Waals surface area contributed by atoms with E-state index in [1.54, 1.807) is 7.11 Å². The molecule has 0 radical (unpaired) electrons. The summed E-state index contributed by atoms with van der Waals surface area (Å²) in [5.41, 5.74) is 5.28. The van der Waals surface area contributed by atoms with E-state index in [1.165, 1.54) is 45.3 Å². The Bertz CT molecular complexity index is 3450. The van der Waals surface area contributed by atoms with Crippen molar-refractivity contribution in [2.75, 3.05) is 72.5 Å². The molecular weight excluding hydrogens is 1090 g/mol. The van der Waals surface area contributed by atoms with Crippen LogP contribution in [-0.4, -0.2) is 106 Å². The monoisotopic (exact) mass is 1150 g/mol. The number of nitrogens with one attached hydrogen (secondary N) is 4. The lowest BCUT2D eigenvalue weighted by molar-refractivity contribution is -0.116. The molecule has 4 heterocycles. The summed E-state index contributed by atoms with van der Waals surface area (Å²) in [5, 5.41) is 51.9. The Morgan fingerprint density at radius 1 is 0.487 bits per heavy atom. The lowest BCUT2D eigenvalue weighted by Gasteiger charge is -2.21. The van der Waals surface area contributed by atoms with Gasteiger partial charge in [0.2, 0.25) is 44.2 Å². The van der Waals surface area contributed by atoms with Crippen LogP contribution < -0.4 is 40.5 Å². The van der Waals surface area contributed by atoms with Gasteiger partial charge >= 0.3 is 0 Å². The number of anilines is 6. The van der Waals surface area contributed by atoms with E-state index >= 15 is 0 Å². The number of nitrogens with zero attached hydrogens (tertiary/aromatic N) is 10. The van der Waals surface area contributed by atoms with Crippen molar-refractivity contribution in [1.29, 1.82) is 0 Å². The number of hydrogen-bond acceptors (Lipinski definition) is 20. The second-order valence-corrected chi connectivity index (χ2v) is 24.1. The molecule has 4 aromatic heterocycles. The Morgan fingerprint density at radius 2 is 0.875 bits per heavy atom. The molecule has 0 spiro atoms. The van der Waals surface area contributed by atoms with Crippen molar-refractivity contribution < 1.29 is 28.7 Å². The van der Waals surface area contributed by atoms with Gasteiger partial charge in [0.15, 0.2) is 0 Å². The standard InChI is InChI=1S/C56H60N14O6S4/c1-69(2)41-15-9-11-33(25-41)27-45(71)57-53-65-61-49(77-53)37-19-20-38(29-37)50-62-66-54(78-50)58-46(72)28-34-12-10-16-42(26-34)70(3)23-24-76-44-18-8-6-14-36(44)32-48(74)60-56-68-64-52(80-56)40-22-21-39(30-40)51-63-67-55(79-51)59-47(73)31-35-13-5-7-17-43(35)75-4/h5-18,25-26,37-40H,19-24,27-32H2,1-4H3,(H,57,65,71)(H,58,66,72)(H,59,67,73)(H,60,68,74)/t37?,38?,39-,40-/m1/s1. The number of para-hydroxylation sites is 2.